The molecule has 104 valence electrons. The number of likely N-dealkylation sites (N-methyl/N-ethyl adjacent to an activating group) is 1. The fourth-order valence-corrected chi connectivity index (χ4v) is 2.48. The summed E-state index contributed by atoms with van der Waals surface area (Å²) >= 11 is 11.9. The summed E-state index contributed by atoms with van der Waals surface area (Å²) in [6, 6.07) is 4.87. The summed E-state index contributed by atoms with van der Waals surface area (Å²) in [7, 11) is 1.74. The molecule has 1 fully saturated rings. The fraction of sp³-hybridized carbons (Fsp3) is 0.462. The molecule has 1 aliphatic heterocycles. The van der Waals surface area contributed by atoms with Gasteiger partial charge in [0.25, 0.3) is 5.91 Å². The van der Waals surface area contributed by atoms with Gasteiger partial charge in [-0.1, -0.05) is 23.2 Å². The van der Waals surface area contributed by atoms with Gasteiger partial charge in [-0.25, -0.2) is 0 Å². The van der Waals surface area contributed by atoms with Gasteiger partial charge in [0.05, 0.1) is 23.3 Å². The van der Waals surface area contributed by atoms with Crippen molar-refractivity contribution in [3.05, 3.63) is 33.8 Å². The number of morpholine rings is 1. The van der Waals surface area contributed by atoms with Crippen LogP contribution >= 0.6 is 23.2 Å². The first-order chi connectivity index (χ1) is 9.08. The van der Waals surface area contributed by atoms with Gasteiger partial charge in [-0.2, -0.15) is 0 Å². The van der Waals surface area contributed by atoms with E-state index < -0.39 is 0 Å². The summed E-state index contributed by atoms with van der Waals surface area (Å²) < 4.78 is 5.57. The lowest BCUT2D eigenvalue weighted by atomic mass is 10.2. The molecule has 0 bridgehead atoms. The minimum absolute atomic E-state index is 0.0220. The van der Waals surface area contributed by atoms with Gasteiger partial charge in [0.2, 0.25) is 0 Å². The molecule has 1 heterocycles. The van der Waals surface area contributed by atoms with Crippen molar-refractivity contribution in [3.63, 3.8) is 0 Å². The van der Waals surface area contributed by atoms with Crippen molar-refractivity contribution < 1.29 is 9.53 Å². The maximum Gasteiger partial charge on any atom is 0.255 e. The van der Waals surface area contributed by atoms with Crippen LogP contribution in [0.5, 0.6) is 0 Å². The number of hydrogen-bond acceptors (Lipinski definition) is 3. The molecule has 1 saturated heterocycles. The van der Waals surface area contributed by atoms with Gasteiger partial charge in [-0.15, -0.1) is 0 Å². The third kappa shape index (κ3) is 3.83. The van der Waals surface area contributed by atoms with Crippen molar-refractivity contribution in [2.24, 2.45) is 0 Å². The molecule has 0 aliphatic carbocycles. The van der Waals surface area contributed by atoms with E-state index in [-0.39, 0.29) is 12.0 Å². The second-order valence-corrected chi connectivity index (χ2v) is 5.35. The Balaban J connectivity index is 2.01. The van der Waals surface area contributed by atoms with Crippen molar-refractivity contribution in [2.75, 3.05) is 33.3 Å². The molecule has 1 aromatic rings. The molecule has 1 atom stereocenters. The third-order valence-corrected chi connectivity index (χ3v) is 3.54. The van der Waals surface area contributed by atoms with Gasteiger partial charge in [0.1, 0.15) is 0 Å². The van der Waals surface area contributed by atoms with Crippen molar-refractivity contribution in [2.45, 2.75) is 6.10 Å². The molecule has 0 saturated carbocycles. The Morgan fingerprint density at radius 2 is 2.32 bits per heavy atom. The summed E-state index contributed by atoms with van der Waals surface area (Å²) in [5.41, 5.74) is 0.456. The molecule has 2 rings (SSSR count). The Morgan fingerprint density at radius 1 is 1.53 bits per heavy atom. The summed E-state index contributed by atoms with van der Waals surface area (Å²) in [5, 5.41) is 4.12. The number of carbonyl (C=O) groups excluding carboxylic acids is 1. The largest absolute Gasteiger partial charge is 0.374 e. The van der Waals surface area contributed by atoms with Gasteiger partial charge in [0, 0.05) is 31.7 Å². The van der Waals surface area contributed by atoms with E-state index in [0.29, 0.717) is 28.8 Å². The first-order valence-corrected chi connectivity index (χ1v) is 6.86. The maximum atomic E-state index is 12.3. The maximum absolute atomic E-state index is 12.3. The average molecular weight is 303 g/mol. The molecule has 1 aromatic carbocycles. The van der Waals surface area contributed by atoms with Crippen LogP contribution in [0.3, 0.4) is 0 Å². The highest BCUT2D eigenvalue weighted by molar-refractivity contribution is 6.36. The van der Waals surface area contributed by atoms with Gasteiger partial charge < -0.3 is 15.0 Å². The molecule has 6 heteroatoms. The van der Waals surface area contributed by atoms with E-state index in [2.05, 4.69) is 5.32 Å². The highest BCUT2D eigenvalue weighted by atomic mass is 35.5. The SMILES string of the molecule is CN(CC1CNCCO1)C(=O)c1ccc(Cl)cc1Cl. The molecular weight excluding hydrogens is 287 g/mol. The zero-order valence-electron chi connectivity index (χ0n) is 10.7. The summed E-state index contributed by atoms with van der Waals surface area (Å²) in [5.74, 6) is -0.129. The van der Waals surface area contributed by atoms with Crippen LogP contribution in [0.15, 0.2) is 18.2 Å². The first kappa shape index (κ1) is 14.6. The van der Waals surface area contributed by atoms with Gasteiger partial charge in [0.15, 0.2) is 0 Å². The normalized spacial score (nSPS) is 19.2. The Hall–Kier alpha value is -0.810. The van der Waals surface area contributed by atoms with E-state index in [0.717, 1.165) is 13.1 Å². The van der Waals surface area contributed by atoms with Crippen LogP contribution in [0.2, 0.25) is 10.0 Å². The standard InChI is InChI=1S/C13H16Cl2N2O2/c1-17(8-10-7-16-4-5-19-10)13(18)11-3-2-9(14)6-12(11)15/h2-3,6,10,16H,4-5,7-8H2,1H3. The lowest BCUT2D eigenvalue weighted by Gasteiger charge is -2.28. The number of benzene rings is 1. The lowest BCUT2D eigenvalue weighted by Crippen LogP contribution is -2.45. The van der Waals surface area contributed by atoms with Crippen molar-refractivity contribution >= 4 is 29.1 Å². The van der Waals surface area contributed by atoms with E-state index in [1.54, 1.807) is 30.1 Å². The molecule has 1 amide bonds. The number of halogens is 2. The Kier molecular flexibility index (Phi) is 5.05. The second kappa shape index (κ2) is 6.57. The zero-order valence-corrected chi connectivity index (χ0v) is 12.2. The molecule has 19 heavy (non-hydrogen) atoms. The van der Waals surface area contributed by atoms with Crippen molar-refractivity contribution in [1.82, 2.24) is 10.2 Å². The van der Waals surface area contributed by atoms with Gasteiger partial charge >= 0.3 is 0 Å². The molecule has 1 unspecified atom stereocenters. The summed E-state index contributed by atoms with van der Waals surface area (Å²) in [4.78, 5) is 13.9. The summed E-state index contributed by atoms with van der Waals surface area (Å²) in [6.45, 7) is 2.82. The fourth-order valence-electron chi connectivity index (χ4n) is 1.99. The number of carbonyl (C=O) groups is 1. The average Bonchev–Trinajstić information content (AvgIpc) is 2.39. The first-order valence-electron chi connectivity index (χ1n) is 6.11. The molecule has 0 radical (unpaired) electrons. The van der Waals surface area contributed by atoms with E-state index in [1.807, 2.05) is 0 Å². The molecule has 0 aromatic heterocycles. The summed E-state index contributed by atoms with van der Waals surface area (Å²) in [6.07, 6.45) is 0.0220. The number of nitrogens with zero attached hydrogens (tertiary/aromatic N) is 1. The topological polar surface area (TPSA) is 41.6 Å². The lowest BCUT2D eigenvalue weighted by molar-refractivity contribution is 0.0104. The van der Waals surface area contributed by atoms with Crippen LogP contribution in [-0.4, -0.2) is 50.2 Å². The Morgan fingerprint density at radius 3 is 2.95 bits per heavy atom. The van der Waals surface area contributed by atoms with Crippen LogP contribution in [-0.2, 0) is 4.74 Å². The number of nitrogens with one attached hydrogen (secondary N) is 1. The van der Waals surface area contributed by atoms with Gasteiger partial charge in [-0.3, -0.25) is 4.79 Å². The number of ether oxygens (including phenoxy) is 1. The molecule has 1 N–H and O–H groups in total. The second-order valence-electron chi connectivity index (χ2n) is 4.51. The van der Waals surface area contributed by atoms with Crippen LogP contribution in [0.4, 0.5) is 0 Å². The quantitative estimate of drug-likeness (QED) is 0.929. The molecule has 0 spiro atoms. The van der Waals surface area contributed by atoms with E-state index >= 15 is 0 Å². The van der Waals surface area contributed by atoms with Crippen molar-refractivity contribution in [1.29, 1.82) is 0 Å². The predicted octanol–water partition coefficient (Wildman–Crippen LogP) is 2.05. The number of rotatable bonds is 3. The number of amides is 1. The van der Waals surface area contributed by atoms with Crippen LogP contribution in [0.1, 0.15) is 10.4 Å². The zero-order chi connectivity index (χ0) is 13.8. The Bertz CT molecular complexity index is 462. The van der Waals surface area contributed by atoms with E-state index in [1.165, 1.54) is 0 Å². The van der Waals surface area contributed by atoms with E-state index in [4.69, 9.17) is 27.9 Å². The van der Waals surface area contributed by atoms with Gasteiger partial charge in [-0.05, 0) is 18.2 Å². The van der Waals surface area contributed by atoms with Crippen LogP contribution in [0.25, 0.3) is 0 Å². The molecule has 1 aliphatic rings. The van der Waals surface area contributed by atoms with Crippen molar-refractivity contribution in [3.8, 4) is 0 Å². The molecular formula is C13H16Cl2N2O2. The monoisotopic (exact) mass is 302 g/mol. The number of hydrogen-bond donors (Lipinski definition) is 1. The minimum atomic E-state index is -0.129. The van der Waals surface area contributed by atoms with Crippen LogP contribution in [0, 0.1) is 0 Å². The highest BCUT2D eigenvalue weighted by Crippen LogP contribution is 2.22. The third-order valence-electron chi connectivity index (χ3n) is 2.99. The predicted molar refractivity (Wildman–Crippen MR) is 76.0 cm³/mol. The molecule has 4 nitrogen and oxygen atoms in total. The van der Waals surface area contributed by atoms with Crippen LogP contribution < -0.4 is 5.32 Å². The highest BCUT2D eigenvalue weighted by Gasteiger charge is 2.20. The smallest absolute Gasteiger partial charge is 0.255 e. The van der Waals surface area contributed by atoms with E-state index in [9.17, 15) is 4.79 Å². The minimum Gasteiger partial charge on any atom is -0.374 e. The Labute approximate surface area is 122 Å².